The van der Waals surface area contributed by atoms with Gasteiger partial charge in [0.05, 0.1) is 18.4 Å². The smallest absolute Gasteiger partial charge is 0.350 e. The lowest BCUT2D eigenvalue weighted by molar-refractivity contribution is 0.0605. The highest BCUT2D eigenvalue weighted by Crippen LogP contribution is 2.24. The van der Waals surface area contributed by atoms with Crippen molar-refractivity contribution in [2.75, 3.05) is 12.4 Å². The molecule has 1 amide bonds. The van der Waals surface area contributed by atoms with E-state index in [1.54, 1.807) is 26.8 Å². The van der Waals surface area contributed by atoms with Crippen LogP contribution >= 0.6 is 11.3 Å². The van der Waals surface area contributed by atoms with E-state index in [0.29, 0.717) is 32.8 Å². The number of rotatable bonds is 3. The van der Waals surface area contributed by atoms with Crippen molar-refractivity contribution >= 4 is 28.3 Å². The second-order valence-corrected chi connectivity index (χ2v) is 5.21. The normalized spacial score (nSPS) is 10.4. The summed E-state index contributed by atoms with van der Waals surface area (Å²) in [6.45, 7) is 5.17. The lowest BCUT2D eigenvalue weighted by Gasteiger charge is -1.99. The molecule has 0 unspecified atom stereocenters. The molecule has 0 aliphatic rings. The number of nitrogens with one attached hydrogen (secondary N) is 1. The van der Waals surface area contributed by atoms with E-state index in [2.05, 4.69) is 15.0 Å². The molecule has 0 bridgehead atoms. The molecule has 6 nitrogen and oxygen atoms in total. The number of carbonyl (C=O) groups excluding carboxylic acids is 2. The quantitative estimate of drug-likeness (QED) is 0.880. The molecule has 1 N–H and O–H groups in total. The van der Waals surface area contributed by atoms with Gasteiger partial charge in [0.2, 0.25) is 0 Å². The summed E-state index contributed by atoms with van der Waals surface area (Å²) in [6.07, 6.45) is 0. The Kier molecular flexibility index (Phi) is 3.89. The number of aryl methyl sites for hydroxylation is 3. The Morgan fingerprint density at radius 3 is 2.60 bits per heavy atom. The first-order valence-corrected chi connectivity index (χ1v) is 6.68. The van der Waals surface area contributed by atoms with Crippen LogP contribution < -0.4 is 5.32 Å². The topological polar surface area (TPSA) is 81.4 Å². The van der Waals surface area contributed by atoms with Gasteiger partial charge in [-0.15, -0.1) is 0 Å². The first-order chi connectivity index (χ1) is 9.42. The lowest BCUT2D eigenvalue weighted by atomic mass is 10.2. The molecule has 2 aromatic rings. The molecule has 0 aliphatic heterocycles. The minimum absolute atomic E-state index is 0.315. The molecule has 2 rings (SSSR count). The van der Waals surface area contributed by atoms with Gasteiger partial charge < -0.3 is 9.15 Å². The molecule has 0 saturated heterocycles. The molecule has 20 heavy (non-hydrogen) atoms. The Bertz CT molecular complexity index is 672. The van der Waals surface area contributed by atoms with Gasteiger partial charge in [-0.25, -0.2) is 9.78 Å². The highest BCUT2D eigenvalue weighted by atomic mass is 32.1. The van der Waals surface area contributed by atoms with Crippen molar-refractivity contribution in [3.63, 3.8) is 0 Å². The van der Waals surface area contributed by atoms with Crippen molar-refractivity contribution in [2.45, 2.75) is 20.8 Å². The fourth-order valence-corrected chi connectivity index (χ4v) is 2.63. The van der Waals surface area contributed by atoms with Gasteiger partial charge in [0.1, 0.15) is 16.4 Å². The van der Waals surface area contributed by atoms with Crippen LogP contribution in [-0.2, 0) is 4.74 Å². The minimum Gasteiger partial charge on any atom is -0.466 e. The zero-order chi connectivity index (χ0) is 14.9. The largest absolute Gasteiger partial charge is 0.466 e. The van der Waals surface area contributed by atoms with E-state index in [1.807, 2.05) is 0 Å². The van der Waals surface area contributed by atoms with E-state index in [1.165, 1.54) is 7.11 Å². The number of carbonyl (C=O) groups is 2. The van der Waals surface area contributed by atoms with Gasteiger partial charge in [-0.1, -0.05) is 11.3 Å². The van der Waals surface area contributed by atoms with Gasteiger partial charge in [0, 0.05) is 0 Å². The van der Waals surface area contributed by atoms with E-state index >= 15 is 0 Å². The van der Waals surface area contributed by atoms with Crippen LogP contribution in [0.25, 0.3) is 0 Å². The minimum atomic E-state index is -0.462. The molecule has 0 aliphatic carbocycles. The number of hydrogen-bond donors (Lipinski definition) is 1. The van der Waals surface area contributed by atoms with Crippen molar-refractivity contribution in [1.29, 1.82) is 0 Å². The summed E-state index contributed by atoms with van der Waals surface area (Å²) in [5.74, 6) is 0.431. The Hall–Kier alpha value is -2.15. The van der Waals surface area contributed by atoms with Crippen LogP contribution in [0.3, 0.4) is 0 Å². The molecule has 0 aromatic carbocycles. The van der Waals surface area contributed by atoms with Crippen LogP contribution in [0.4, 0.5) is 5.13 Å². The number of hydrogen-bond acceptors (Lipinski definition) is 6. The maximum atomic E-state index is 12.1. The van der Waals surface area contributed by atoms with Crippen molar-refractivity contribution in [3.05, 3.63) is 33.7 Å². The number of ether oxygens (including phenoxy) is 1. The van der Waals surface area contributed by atoms with Crippen LogP contribution in [0.15, 0.2) is 10.5 Å². The maximum Gasteiger partial charge on any atom is 0.350 e. The van der Waals surface area contributed by atoms with E-state index in [-0.39, 0.29) is 5.91 Å². The van der Waals surface area contributed by atoms with E-state index in [4.69, 9.17) is 4.42 Å². The first kappa shape index (κ1) is 14.3. The third kappa shape index (κ3) is 2.72. The fraction of sp³-hybridized carbons (Fsp3) is 0.308. The van der Waals surface area contributed by atoms with Gasteiger partial charge >= 0.3 is 5.97 Å². The summed E-state index contributed by atoms with van der Waals surface area (Å²) in [4.78, 5) is 28.1. The SMILES string of the molecule is COC(=O)c1sc(NC(=O)c2cc(C)oc2C)nc1C. The van der Waals surface area contributed by atoms with Crippen molar-refractivity contribution in [3.8, 4) is 0 Å². The Morgan fingerprint density at radius 1 is 1.35 bits per heavy atom. The summed E-state index contributed by atoms with van der Waals surface area (Å²) >= 11 is 1.08. The number of amides is 1. The Balaban J connectivity index is 2.20. The van der Waals surface area contributed by atoms with Gasteiger partial charge in [-0.3, -0.25) is 10.1 Å². The second-order valence-electron chi connectivity index (χ2n) is 4.21. The van der Waals surface area contributed by atoms with Gasteiger partial charge in [-0.05, 0) is 26.8 Å². The van der Waals surface area contributed by atoms with Crippen LogP contribution in [0.1, 0.15) is 37.2 Å². The predicted molar refractivity (Wildman–Crippen MR) is 74.3 cm³/mol. The highest BCUT2D eigenvalue weighted by molar-refractivity contribution is 7.17. The number of aromatic nitrogens is 1. The number of anilines is 1. The van der Waals surface area contributed by atoms with Crippen LogP contribution in [0.5, 0.6) is 0 Å². The summed E-state index contributed by atoms with van der Waals surface area (Å²) in [5.41, 5.74) is 0.979. The lowest BCUT2D eigenvalue weighted by Crippen LogP contribution is -2.11. The van der Waals surface area contributed by atoms with Crippen molar-refractivity contribution in [1.82, 2.24) is 4.98 Å². The molecule has 0 radical (unpaired) electrons. The first-order valence-electron chi connectivity index (χ1n) is 5.86. The van der Waals surface area contributed by atoms with E-state index < -0.39 is 5.97 Å². The summed E-state index contributed by atoms with van der Waals surface area (Å²) in [6, 6.07) is 1.66. The molecule has 0 saturated carbocycles. The van der Waals surface area contributed by atoms with Crippen molar-refractivity contribution in [2.24, 2.45) is 0 Å². The summed E-state index contributed by atoms with van der Waals surface area (Å²) < 4.78 is 9.95. The van der Waals surface area contributed by atoms with Gasteiger partial charge in [0.25, 0.3) is 5.91 Å². The van der Waals surface area contributed by atoms with Crippen LogP contribution in [-0.4, -0.2) is 24.0 Å². The molecule has 0 atom stereocenters. The zero-order valence-electron chi connectivity index (χ0n) is 11.6. The molecular formula is C13H14N2O4S. The number of esters is 1. The zero-order valence-corrected chi connectivity index (χ0v) is 12.4. The average Bonchev–Trinajstić information content (AvgIpc) is 2.91. The average molecular weight is 294 g/mol. The Morgan fingerprint density at radius 2 is 2.05 bits per heavy atom. The standard InChI is InChI=1S/C13H14N2O4S/c1-6-5-9(8(3)19-6)11(16)15-13-14-7(2)10(20-13)12(17)18-4/h5H,1-4H3,(H,14,15,16). The number of methoxy groups -OCH3 is 1. The molecule has 7 heteroatoms. The van der Waals surface area contributed by atoms with E-state index in [0.717, 1.165) is 11.3 Å². The molecule has 2 heterocycles. The molecule has 2 aromatic heterocycles. The fourth-order valence-electron chi connectivity index (χ4n) is 1.75. The molecule has 106 valence electrons. The highest BCUT2D eigenvalue weighted by Gasteiger charge is 2.19. The van der Waals surface area contributed by atoms with Crippen molar-refractivity contribution < 1.29 is 18.7 Å². The molecular weight excluding hydrogens is 280 g/mol. The molecule has 0 spiro atoms. The third-order valence-corrected chi connectivity index (χ3v) is 3.73. The summed E-state index contributed by atoms with van der Waals surface area (Å²) in [5, 5.41) is 3.01. The second kappa shape index (κ2) is 5.46. The maximum absolute atomic E-state index is 12.1. The monoisotopic (exact) mass is 294 g/mol. The Labute approximate surface area is 119 Å². The number of thiazole rings is 1. The molecule has 0 fully saturated rings. The number of nitrogens with zero attached hydrogens (tertiary/aromatic N) is 1. The predicted octanol–water partition coefficient (Wildman–Crippen LogP) is 2.70. The third-order valence-electron chi connectivity index (χ3n) is 2.67. The van der Waals surface area contributed by atoms with Crippen LogP contribution in [0, 0.1) is 20.8 Å². The van der Waals surface area contributed by atoms with Gasteiger partial charge in [0.15, 0.2) is 5.13 Å². The summed E-state index contributed by atoms with van der Waals surface area (Å²) in [7, 11) is 1.30. The van der Waals surface area contributed by atoms with E-state index in [9.17, 15) is 9.59 Å². The number of furan rings is 1. The van der Waals surface area contributed by atoms with Crippen LogP contribution in [0.2, 0.25) is 0 Å². The van der Waals surface area contributed by atoms with Gasteiger partial charge in [-0.2, -0.15) is 0 Å².